The Morgan fingerprint density at radius 3 is 2.27 bits per heavy atom. The van der Waals surface area contributed by atoms with E-state index in [1.54, 1.807) is 31.2 Å². The number of nitrogens with zero attached hydrogens (tertiary/aromatic N) is 2. The van der Waals surface area contributed by atoms with Crippen molar-refractivity contribution in [3.8, 4) is 5.75 Å². The molecule has 0 aliphatic carbocycles. The maximum Gasteiger partial charge on any atom is 0.244 e. The summed E-state index contributed by atoms with van der Waals surface area (Å²) in [5.74, 6) is -0.456. The molecule has 3 aromatic rings. The van der Waals surface area contributed by atoms with Gasteiger partial charge in [-0.05, 0) is 48.7 Å². The van der Waals surface area contributed by atoms with Gasteiger partial charge in [0.05, 0.1) is 18.6 Å². The summed E-state index contributed by atoms with van der Waals surface area (Å²) in [6.45, 7) is 4.16. The molecular formula is C30H36BrN3O5S. The lowest BCUT2D eigenvalue weighted by Gasteiger charge is -2.33. The summed E-state index contributed by atoms with van der Waals surface area (Å²) in [7, 11) is -3.89. The molecule has 3 aromatic carbocycles. The van der Waals surface area contributed by atoms with Crippen molar-refractivity contribution in [2.75, 3.05) is 30.3 Å². The van der Waals surface area contributed by atoms with Crippen LogP contribution in [0.3, 0.4) is 0 Å². The molecule has 0 spiro atoms. The number of benzene rings is 3. The summed E-state index contributed by atoms with van der Waals surface area (Å²) in [6, 6.07) is 22.8. The summed E-state index contributed by atoms with van der Waals surface area (Å²) < 4.78 is 33.5. The van der Waals surface area contributed by atoms with Crippen LogP contribution >= 0.6 is 15.9 Å². The number of amides is 2. The Morgan fingerprint density at radius 1 is 0.950 bits per heavy atom. The quantitative estimate of drug-likeness (QED) is 0.277. The van der Waals surface area contributed by atoms with Crippen molar-refractivity contribution >= 4 is 43.5 Å². The van der Waals surface area contributed by atoms with Crippen LogP contribution in [0.4, 0.5) is 5.69 Å². The average molecular weight is 631 g/mol. The van der Waals surface area contributed by atoms with Gasteiger partial charge in [0.1, 0.15) is 18.3 Å². The SMILES string of the molecule is CCCNC(=O)[C@@H](Cc1ccccc1)N(Cc1cccc(Br)c1)C(=O)CN(c1ccccc1OCC)S(C)(=O)=O. The van der Waals surface area contributed by atoms with Crippen molar-refractivity contribution in [1.82, 2.24) is 10.2 Å². The van der Waals surface area contributed by atoms with E-state index in [4.69, 9.17) is 4.74 Å². The number of sulfonamides is 1. The van der Waals surface area contributed by atoms with Crippen LogP contribution < -0.4 is 14.4 Å². The normalized spacial score (nSPS) is 11.9. The zero-order valence-electron chi connectivity index (χ0n) is 23.0. The molecule has 214 valence electrons. The summed E-state index contributed by atoms with van der Waals surface area (Å²) in [6.07, 6.45) is 2.06. The summed E-state index contributed by atoms with van der Waals surface area (Å²) in [5.41, 5.74) is 1.94. The molecule has 0 aliphatic rings. The third kappa shape index (κ3) is 8.82. The predicted octanol–water partition coefficient (Wildman–Crippen LogP) is 4.78. The predicted molar refractivity (Wildman–Crippen MR) is 162 cm³/mol. The maximum absolute atomic E-state index is 14.1. The van der Waals surface area contributed by atoms with Gasteiger partial charge < -0.3 is 15.0 Å². The third-order valence-electron chi connectivity index (χ3n) is 6.18. The monoisotopic (exact) mass is 629 g/mol. The Labute approximate surface area is 245 Å². The van der Waals surface area contributed by atoms with Crippen LogP contribution in [0.2, 0.25) is 0 Å². The van der Waals surface area contributed by atoms with E-state index in [1.165, 1.54) is 4.90 Å². The molecule has 0 aromatic heterocycles. The average Bonchev–Trinajstić information content (AvgIpc) is 2.93. The maximum atomic E-state index is 14.1. The van der Waals surface area contributed by atoms with Crippen molar-refractivity contribution in [3.05, 3.63) is 94.5 Å². The Kier molecular flexibility index (Phi) is 11.6. The zero-order valence-corrected chi connectivity index (χ0v) is 25.4. The number of ether oxygens (including phenoxy) is 1. The van der Waals surface area contributed by atoms with Gasteiger partial charge in [0.25, 0.3) is 0 Å². The lowest BCUT2D eigenvalue weighted by atomic mass is 10.0. The number of anilines is 1. The molecule has 0 heterocycles. The first-order chi connectivity index (χ1) is 19.1. The molecule has 0 radical (unpaired) electrons. The highest BCUT2D eigenvalue weighted by Crippen LogP contribution is 2.30. The minimum atomic E-state index is -3.89. The number of halogens is 1. The Bertz CT molecular complexity index is 1380. The molecule has 0 fully saturated rings. The Hall–Kier alpha value is -3.37. The number of hydrogen-bond acceptors (Lipinski definition) is 5. The summed E-state index contributed by atoms with van der Waals surface area (Å²) in [5, 5.41) is 2.93. The van der Waals surface area contributed by atoms with Crippen molar-refractivity contribution in [1.29, 1.82) is 0 Å². The van der Waals surface area contributed by atoms with Gasteiger partial charge in [-0.2, -0.15) is 0 Å². The van der Waals surface area contributed by atoms with Gasteiger partial charge in [0, 0.05) is 24.0 Å². The molecule has 0 aliphatic heterocycles. The first kappa shape index (κ1) is 31.2. The summed E-state index contributed by atoms with van der Waals surface area (Å²) in [4.78, 5) is 29.1. The number of para-hydroxylation sites is 2. The third-order valence-corrected chi connectivity index (χ3v) is 7.79. The van der Waals surface area contributed by atoms with Gasteiger partial charge >= 0.3 is 0 Å². The van der Waals surface area contributed by atoms with Crippen molar-refractivity contribution in [2.24, 2.45) is 0 Å². The van der Waals surface area contributed by atoms with Crippen molar-refractivity contribution < 1.29 is 22.7 Å². The van der Waals surface area contributed by atoms with Crippen LogP contribution in [0.1, 0.15) is 31.4 Å². The van der Waals surface area contributed by atoms with Gasteiger partial charge in [0.2, 0.25) is 21.8 Å². The van der Waals surface area contributed by atoms with E-state index < -0.39 is 28.5 Å². The van der Waals surface area contributed by atoms with Gasteiger partial charge in [-0.25, -0.2) is 8.42 Å². The molecule has 8 nitrogen and oxygen atoms in total. The second kappa shape index (κ2) is 14.9. The Balaban J connectivity index is 2.07. The molecule has 10 heteroatoms. The van der Waals surface area contributed by atoms with E-state index in [9.17, 15) is 18.0 Å². The van der Waals surface area contributed by atoms with E-state index in [1.807, 2.05) is 61.5 Å². The van der Waals surface area contributed by atoms with Crippen LogP contribution in [0.15, 0.2) is 83.3 Å². The zero-order chi connectivity index (χ0) is 29.1. The fraction of sp³-hybridized carbons (Fsp3) is 0.333. The number of rotatable bonds is 14. The number of nitrogens with one attached hydrogen (secondary N) is 1. The second-order valence-electron chi connectivity index (χ2n) is 9.32. The first-order valence-corrected chi connectivity index (χ1v) is 15.8. The highest BCUT2D eigenvalue weighted by molar-refractivity contribution is 9.10. The molecular weight excluding hydrogens is 594 g/mol. The van der Waals surface area contributed by atoms with E-state index in [0.717, 1.165) is 32.6 Å². The first-order valence-electron chi connectivity index (χ1n) is 13.2. The largest absolute Gasteiger partial charge is 0.492 e. The van der Waals surface area contributed by atoms with Crippen LogP contribution in [0.25, 0.3) is 0 Å². The highest BCUT2D eigenvalue weighted by Gasteiger charge is 2.33. The van der Waals surface area contributed by atoms with Gasteiger partial charge in [-0.15, -0.1) is 0 Å². The number of carbonyl (C=O) groups is 2. The number of carbonyl (C=O) groups excluding carboxylic acids is 2. The number of hydrogen-bond donors (Lipinski definition) is 1. The molecule has 0 saturated carbocycles. The molecule has 0 bridgehead atoms. The topological polar surface area (TPSA) is 96.0 Å². The van der Waals surface area contributed by atoms with E-state index in [0.29, 0.717) is 18.9 Å². The minimum absolute atomic E-state index is 0.111. The van der Waals surface area contributed by atoms with Gasteiger partial charge in [0.15, 0.2) is 0 Å². The van der Waals surface area contributed by atoms with E-state index >= 15 is 0 Å². The standard InChI is InChI=1S/C30H36BrN3O5S/c1-4-18-32-30(36)27(20-23-12-7-6-8-13-23)33(21-24-14-11-15-25(31)19-24)29(35)22-34(40(3,37)38)26-16-9-10-17-28(26)39-5-2/h6-17,19,27H,4-5,18,20-22H2,1-3H3,(H,32,36)/t27-/m1/s1. The fourth-order valence-corrected chi connectivity index (χ4v) is 5.59. The fourth-order valence-electron chi connectivity index (χ4n) is 4.29. The molecule has 40 heavy (non-hydrogen) atoms. The molecule has 2 amide bonds. The Morgan fingerprint density at radius 2 is 1.62 bits per heavy atom. The lowest BCUT2D eigenvalue weighted by Crippen LogP contribution is -2.53. The van der Waals surface area contributed by atoms with E-state index in [2.05, 4.69) is 21.2 Å². The van der Waals surface area contributed by atoms with Crippen LogP contribution in [-0.4, -0.2) is 57.1 Å². The summed E-state index contributed by atoms with van der Waals surface area (Å²) >= 11 is 3.48. The van der Waals surface area contributed by atoms with Crippen LogP contribution in [0, 0.1) is 0 Å². The second-order valence-corrected chi connectivity index (χ2v) is 12.1. The minimum Gasteiger partial charge on any atom is -0.492 e. The van der Waals surface area contributed by atoms with Gasteiger partial charge in [-0.3, -0.25) is 13.9 Å². The molecule has 1 N–H and O–H groups in total. The van der Waals surface area contributed by atoms with Crippen molar-refractivity contribution in [2.45, 2.75) is 39.3 Å². The molecule has 1 atom stereocenters. The van der Waals surface area contributed by atoms with E-state index in [-0.39, 0.29) is 24.6 Å². The van der Waals surface area contributed by atoms with Crippen molar-refractivity contribution in [3.63, 3.8) is 0 Å². The highest BCUT2D eigenvalue weighted by atomic mass is 79.9. The lowest BCUT2D eigenvalue weighted by molar-refractivity contribution is -0.140. The molecule has 3 rings (SSSR count). The molecule has 0 saturated heterocycles. The molecule has 0 unspecified atom stereocenters. The van der Waals surface area contributed by atoms with Crippen LogP contribution in [0.5, 0.6) is 5.75 Å². The smallest absolute Gasteiger partial charge is 0.244 e. The van der Waals surface area contributed by atoms with Crippen LogP contribution in [-0.2, 0) is 32.6 Å². The van der Waals surface area contributed by atoms with Gasteiger partial charge in [-0.1, -0.05) is 77.5 Å².